The molecule has 0 bridgehead atoms. The lowest BCUT2D eigenvalue weighted by atomic mass is 10.2. The molecule has 1 aromatic heterocycles. The summed E-state index contributed by atoms with van der Waals surface area (Å²) >= 11 is 1.57. The van der Waals surface area contributed by atoms with Crippen LogP contribution in [-0.4, -0.2) is 49.1 Å². The molecule has 7 heteroatoms. The topological polar surface area (TPSA) is 45.7 Å². The van der Waals surface area contributed by atoms with Crippen molar-refractivity contribution in [1.29, 1.82) is 0 Å². The average Bonchev–Trinajstić information content (AvgIpc) is 3.16. The number of likely N-dealkylation sites (N-methyl/N-ethyl adjacent to an activating group) is 1. The van der Waals surface area contributed by atoms with Gasteiger partial charge in [-0.15, -0.1) is 12.4 Å². The maximum absolute atomic E-state index is 13.3. The van der Waals surface area contributed by atoms with Crippen molar-refractivity contribution in [3.8, 4) is 5.75 Å². The molecule has 2 aromatic carbocycles. The van der Waals surface area contributed by atoms with Crippen molar-refractivity contribution < 1.29 is 9.53 Å². The van der Waals surface area contributed by atoms with Crippen molar-refractivity contribution >= 4 is 45.0 Å². The van der Waals surface area contributed by atoms with E-state index in [9.17, 15) is 4.79 Å². The van der Waals surface area contributed by atoms with Crippen molar-refractivity contribution in [3.05, 3.63) is 53.6 Å². The minimum atomic E-state index is -0.0356. The summed E-state index contributed by atoms with van der Waals surface area (Å²) in [6.45, 7) is 9.66. The Balaban J connectivity index is 0.00000300. The van der Waals surface area contributed by atoms with Gasteiger partial charge in [0.25, 0.3) is 5.91 Å². The lowest BCUT2D eigenvalue weighted by Gasteiger charge is -2.24. The Morgan fingerprint density at radius 3 is 2.34 bits per heavy atom. The predicted octanol–water partition coefficient (Wildman–Crippen LogP) is 5.02. The molecule has 5 nitrogen and oxygen atoms in total. The molecule has 0 aliphatic rings. The summed E-state index contributed by atoms with van der Waals surface area (Å²) in [7, 11) is 1.62. The number of methoxy groups -OCH3 is 1. The largest absolute Gasteiger partial charge is 0.497 e. The Kier molecular flexibility index (Phi) is 8.44. The highest BCUT2D eigenvalue weighted by Gasteiger charge is 2.22. The first-order valence-electron chi connectivity index (χ1n) is 9.61. The molecule has 0 aliphatic carbocycles. The summed E-state index contributed by atoms with van der Waals surface area (Å²) in [5.74, 6) is 0.702. The lowest BCUT2D eigenvalue weighted by molar-refractivity contribution is 0.0983. The Morgan fingerprint density at radius 1 is 1.07 bits per heavy atom. The normalized spacial score (nSPS) is 10.8. The first kappa shape index (κ1) is 23.1. The number of carbonyl (C=O) groups excluding carboxylic acids is 1. The zero-order chi connectivity index (χ0) is 20.1. The monoisotopic (exact) mass is 433 g/mol. The van der Waals surface area contributed by atoms with Crippen LogP contribution in [0.2, 0.25) is 0 Å². The number of nitrogens with zero attached hydrogens (tertiary/aromatic N) is 3. The van der Waals surface area contributed by atoms with Gasteiger partial charge in [-0.2, -0.15) is 0 Å². The summed E-state index contributed by atoms with van der Waals surface area (Å²) < 4.78 is 6.32. The van der Waals surface area contributed by atoms with E-state index in [0.717, 1.165) is 46.3 Å². The number of aryl methyl sites for hydroxylation is 1. The second-order valence-corrected chi connectivity index (χ2v) is 7.64. The molecule has 0 atom stereocenters. The summed E-state index contributed by atoms with van der Waals surface area (Å²) in [6.07, 6.45) is 0. The zero-order valence-electron chi connectivity index (χ0n) is 17.3. The second kappa shape index (κ2) is 10.6. The van der Waals surface area contributed by atoms with Crippen molar-refractivity contribution in [2.75, 3.05) is 38.2 Å². The number of aromatic nitrogens is 1. The molecule has 3 rings (SSSR count). The first-order chi connectivity index (χ1) is 13.6. The number of carbonyl (C=O) groups is 1. The van der Waals surface area contributed by atoms with Crippen LogP contribution in [0.1, 0.15) is 29.8 Å². The van der Waals surface area contributed by atoms with Gasteiger partial charge in [-0.25, -0.2) is 4.98 Å². The van der Waals surface area contributed by atoms with Crippen LogP contribution in [0.3, 0.4) is 0 Å². The van der Waals surface area contributed by atoms with Crippen LogP contribution in [0, 0.1) is 6.92 Å². The number of halogens is 1. The maximum atomic E-state index is 13.3. The van der Waals surface area contributed by atoms with E-state index in [-0.39, 0.29) is 18.3 Å². The minimum Gasteiger partial charge on any atom is -0.497 e. The summed E-state index contributed by atoms with van der Waals surface area (Å²) in [6, 6.07) is 13.4. The molecule has 1 amide bonds. The molecule has 0 unspecified atom stereocenters. The molecule has 1 heterocycles. The van der Waals surface area contributed by atoms with E-state index in [2.05, 4.69) is 37.8 Å². The van der Waals surface area contributed by atoms with E-state index in [4.69, 9.17) is 9.72 Å². The van der Waals surface area contributed by atoms with E-state index in [1.54, 1.807) is 18.4 Å². The molecule has 0 saturated heterocycles. The number of rotatable bonds is 8. The van der Waals surface area contributed by atoms with Gasteiger partial charge in [-0.1, -0.05) is 37.3 Å². The van der Waals surface area contributed by atoms with Crippen LogP contribution < -0.4 is 9.64 Å². The third kappa shape index (κ3) is 5.26. The number of para-hydroxylation sites is 1. The summed E-state index contributed by atoms with van der Waals surface area (Å²) in [5, 5.41) is 0.747. The second-order valence-electron chi connectivity index (χ2n) is 6.63. The molecule has 3 aromatic rings. The average molecular weight is 434 g/mol. The zero-order valence-corrected chi connectivity index (χ0v) is 19.0. The summed E-state index contributed by atoms with van der Waals surface area (Å²) in [4.78, 5) is 22.3. The number of ether oxygens (including phenoxy) is 1. The molecule has 0 spiro atoms. The number of anilines is 1. The van der Waals surface area contributed by atoms with Gasteiger partial charge < -0.3 is 9.64 Å². The molecule has 0 fully saturated rings. The molecule has 0 aliphatic heterocycles. The Bertz CT molecular complexity index is 939. The minimum absolute atomic E-state index is 0. The van der Waals surface area contributed by atoms with Crippen LogP contribution in [-0.2, 0) is 0 Å². The fraction of sp³-hybridized carbons (Fsp3) is 0.364. The van der Waals surface area contributed by atoms with Gasteiger partial charge in [0.1, 0.15) is 5.75 Å². The third-order valence-electron chi connectivity index (χ3n) is 4.96. The van der Waals surface area contributed by atoms with Gasteiger partial charge >= 0.3 is 0 Å². The molecule has 156 valence electrons. The fourth-order valence-corrected chi connectivity index (χ4v) is 4.21. The van der Waals surface area contributed by atoms with Crippen molar-refractivity contribution in [2.45, 2.75) is 20.8 Å². The van der Waals surface area contributed by atoms with E-state index in [1.165, 1.54) is 0 Å². The first-order valence-corrected chi connectivity index (χ1v) is 10.4. The third-order valence-corrected chi connectivity index (χ3v) is 6.00. The van der Waals surface area contributed by atoms with Crippen LogP contribution in [0.5, 0.6) is 5.75 Å². The van der Waals surface area contributed by atoms with Gasteiger partial charge in [0.2, 0.25) is 0 Å². The highest BCUT2D eigenvalue weighted by molar-refractivity contribution is 7.22. The number of amides is 1. The number of thiazole rings is 1. The standard InChI is InChI=1S/C22H27N3O2S.ClH/c1-5-24(6-2)14-15-25(21(26)17-10-12-18(27-4)13-11-17)22-23-20-16(3)8-7-9-19(20)28-22;/h7-13H,5-6,14-15H2,1-4H3;1H. The van der Waals surface area contributed by atoms with E-state index in [0.29, 0.717) is 12.1 Å². The van der Waals surface area contributed by atoms with Gasteiger partial charge in [0.15, 0.2) is 5.13 Å². The van der Waals surface area contributed by atoms with Gasteiger partial charge in [0, 0.05) is 18.7 Å². The Morgan fingerprint density at radius 2 is 1.76 bits per heavy atom. The number of hydrogen-bond acceptors (Lipinski definition) is 5. The van der Waals surface area contributed by atoms with Crippen LogP contribution in [0.4, 0.5) is 5.13 Å². The molecule has 29 heavy (non-hydrogen) atoms. The van der Waals surface area contributed by atoms with Gasteiger partial charge in [-0.05, 0) is 55.9 Å². The molecule has 0 saturated carbocycles. The SMILES string of the molecule is CCN(CC)CCN(C(=O)c1ccc(OC)cc1)c1nc2c(C)cccc2s1.Cl. The Labute approximate surface area is 182 Å². The maximum Gasteiger partial charge on any atom is 0.260 e. The quantitative estimate of drug-likeness (QED) is 0.500. The highest BCUT2D eigenvalue weighted by Crippen LogP contribution is 2.31. The van der Waals surface area contributed by atoms with Crippen LogP contribution >= 0.6 is 23.7 Å². The number of fused-ring (bicyclic) bond motifs is 1. The molecular formula is C22H28ClN3O2S. The molecule has 0 radical (unpaired) electrons. The Hall–Kier alpha value is -2.15. The van der Waals surface area contributed by atoms with Crippen molar-refractivity contribution in [2.24, 2.45) is 0 Å². The fourth-order valence-electron chi connectivity index (χ4n) is 3.14. The lowest BCUT2D eigenvalue weighted by Crippen LogP contribution is -2.38. The highest BCUT2D eigenvalue weighted by atomic mass is 35.5. The van der Waals surface area contributed by atoms with E-state index >= 15 is 0 Å². The predicted molar refractivity (Wildman–Crippen MR) is 124 cm³/mol. The smallest absolute Gasteiger partial charge is 0.260 e. The number of hydrogen-bond donors (Lipinski definition) is 0. The summed E-state index contributed by atoms with van der Waals surface area (Å²) in [5.41, 5.74) is 2.73. The van der Waals surface area contributed by atoms with Gasteiger partial charge in [-0.3, -0.25) is 9.69 Å². The molecular weight excluding hydrogens is 406 g/mol. The van der Waals surface area contributed by atoms with Crippen LogP contribution in [0.25, 0.3) is 10.2 Å². The van der Waals surface area contributed by atoms with Crippen molar-refractivity contribution in [3.63, 3.8) is 0 Å². The van der Waals surface area contributed by atoms with E-state index in [1.807, 2.05) is 35.2 Å². The van der Waals surface area contributed by atoms with Gasteiger partial charge in [0.05, 0.1) is 17.3 Å². The number of benzene rings is 2. The molecule has 0 N–H and O–H groups in total. The van der Waals surface area contributed by atoms with Crippen molar-refractivity contribution in [1.82, 2.24) is 9.88 Å². The van der Waals surface area contributed by atoms with Crippen LogP contribution in [0.15, 0.2) is 42.5 Å². The van der Waals surface area contributed by atoms with E-state index < -0.39 is 0 Å².